The molecule has 1 aliphatic rings. The molecule has 0 saturated carbocycles. The SMILES string of the molecule is S=S1(=S)OCCCCCCCCCCCCCCCCO1. The fraction of sp³-hybridized carbons (Fsp3) is 1.00. The lowest BCUT2D eigenvalue weighted by Gasteiger charge is -2.11. The van der Waals surface area contributed by atoms with Crippen molar-refractivity contribution in [1.29, 1.82) is 0 Å². The summed E-state index contributed by atoms with van der Waals surface area (Å²) in [6, 6.07) is 0. The predicted molar refractivity (Wildman–Crippen MR) is 98.6 cm³/mol. The van der Waals surface area contributed by atoms with E-state index < -0.39 is 7.71 Å². The first-order chi connectivity index (χ1) is 10.2. The zero-order valence-corrected chi connectivity index (χ0v) is 15.8. The van der Waals surface area contributed by atoms with Crippen LogP contribution in [0.4, 0.5) is 0 Å². The number of hydrogen-bond acceptors (Lipinski definition) is 4. The molecule has 1 rings (SSSR count). The summed E-state index contributed by atoms with van der Waals surface area (Å²) in [5, 5.41) is 0. The Balaban J connectivity index is 2.21. The van der Waals surface area contributed by atoms with Gasteiger partial charge in [-0.15, -0.1) is 0 Å². The molecule has 1 fully saturated rings. The molecule has 0 aromatic carbocycles. The van der Waals surface area contributed by atoms with Gasteiger partial charge in [-0.05, 0) is 12.8 Å². The van der Waals surface area contributed by atoms with Crippen molar-refractivity contribution in [2.24, 2.45) is 0 Å². The third kappa shape index (κ3) is 12.9. The lowest BCUT2D eigenvalue weighted by Crippen LogP contribution is -2.09. The van der Waals surface area contributed by atoms with Crippen molar-refractivity contribution in [3.8, 4) is 0 Å². The first-order valence-corrected chi connectivity index (χ1v) is 12.1. The molecule has 1 aliphatic heterocycles. The molecule has 1 heterocycles. The Bertz CT molecular complexity index is 302. The van der Waals surface area contributed by atoms with Crippen LogP contribution < -0.4 is 0 Å². The van der Waals surface area contributed by atoms with Crippen LogP contribution in [0, 0.1) is 0 Å². The molecule has 2 nitrogen and oxygen atoms in total. The van der Waals surface area contributed by atoms with Crippen molar-refractivity contribution < 1.29 is 8.37 Å². The third-order valence-corrected chi connectivity index (χ3v) is 6.06. The van der Waals surface area contributed by atoms with Crippen LogP contribution in [0.3, 0.4) is 0 Å². The molecule has 0 bridgehead atoms. The molecule has 0 amide bonds. The molecule has 0 aromatic rings. The predicted octanol–water partition coefficient (Wildman–Crippen LogP) is 5.40. The van der Waals surface area contributed by atoms with Gasteiger partial charge in [0, 0.05) is 22.4 Å². The highest BCUT2D eigenvalue weighted by Gasteiger charge is 2.03. The van der Waals surface area contributed by atoms with Gasteiger partial charge in [0.15, 0.2) is 0 Å². The first-order valence-electron chi connectivity index (χ1n) is 8.74. The monoisotopic (exact) mass is 352 g/mol. The highest BCUT2D eigenvalue weighted by Crippen LogP contribution is 2.14. The van der Waals surface area contributed by atoms with Crippen molar-refractivity contribution in [3.05, 3.63) is 0 Å². The van der Waals surface area contributed by atoms with E-state index in [9.17, 15) is 0 Å². The number of hydrogen-bond donors (Lipinski definition) is 0. The van der Waals surface area contributed by atoms with Crippen LogP contribution in [0.15, 0.2) is 0 Å². The van der Waals surface area contributed by atoms with E-state index in [2.05, 4.69) is 0 Å². The average molecular weight is 353 g/mol. The molecular formula is C16H32O2S3. The summed E-state index contributed by atoms with van der Waals surface area (Å²) in [6.07, 6.45) is 18.4. The summed E-state index contributed by atoms with van der Waals surface area (Å²) in [5.41, 5.74) is 0. The Kier molecular flexibility index (Phi) is 12.4. The Morgan fingerprint density at radius 3 is 0.952 bits per heavy atom. The smallest absolute Gasteiger partial charge is 0.137 e. The van der Waals surface area contributed by atoms with E-state index >= 15 is 0 Å². The summed E-state index contributed by atoms with van der Waals surface area (Å²) < 4.78 is 11.2. The van der Waals surface area contributed by atoms with Gasteiger partial charge < -0.3 is 0 Å². The maximum atomic E-state index is 5.59. The van der Waals surface area contributed by atoms with E-state index in [-0.39, 0.29) is 0 Å². The van der Waals surface area contributed by atoms with Crippen LogP contribution in [0.2, 0.25) is 0 Å². The molecule has 126 valence electrons. The minimum absolute atomic E-state index is 0.669. The lowest BCUT2D eigenvalue weighted by atomic mass is 10.0. The standard InChI is InChI=1S/C16H32O2S3/c19-21(20)17-15-13-11-9-7-5-3-1-2-4-6-8-10-12-14-16-18-21/h1-16H2. The van der Waals surface area contributed by atoms with Crippen molar-refractivity contribution >= 4 is 30.1 Å². The molecule has 1 saturated heterocycles. The van der Waals surface area contributed by atoms with Gasteiger partial charge in [0.2, 0.25) is 0 Å². The molecule has 0 radical (unpaired) electrons. The Morgan fingerprint density at radius 1 is 0.429 bits per heavy atom. The summed E-state index contributed by atoms with van der Waals surface area (Å²) in [7, 11) is -2.10. The first kappa shape index (κ1) is 19.8. The minimum Gasteiger partial charge on any atom is -0.290 e. The summed E-state index contributed by atoms with van der Waals surface area (Å²) in [6.45, 7) is 1.34. The van der Waals surface area contributed by atoms with Gasteiger partial charge in [-0.3, -0.25) is 8.37 Å². The van der Waals surface area contributed by atoms with E-state index in [0.29, 0.717) is 13.2 Å². The van der Waals surface area contributed by atoms with Gasteiger partial charge in [-0.1, -0.05) is 77.0 Å². The van der Waals surface area contributed by atoms with Gasteiger partial charge >= 0.3 is 0 Å². The highest BCUT2D eigenvalue weighted by atomic mass is 33.1. The summed E-state index contributed by atoms with van der Waals surface area (Å²) in [4.78, 5) is 0. The largest absolute Gasteiger partial charge is 0.290 e. The van der Waals surface area contributed by atoms with E-state index in [4.69, 9.17) is 30.7 Å². The highest BCUT2D eigenvalue weighted by molar-refractivity contribution is 8.51. The fourth-order valence-electron chi connectivity index (χ4n) is 2.68. The molecule has 0 unspecified atom stereocenters. The molecule has 0 aromatic heterocycles. The van der Waals surface area contributed by atoms with Gasteiger partial charge in [-0.25, -0.2) is 0 Å². The molecule has 5 heteroatoms. The van der Waals surface area contributed by atoms with Crippen LogP contribution in [-0.2, 0) is 38.5 Å². The van der Waals surface area contributed by atoms with Gasteiger partial charge in [-0.2, -0.15) is 0 Å². The van der Waals surface area contributed by atoms with Crippen LogP contribution in [0.25, 0.3) is 0 Å². The van der Waals surface area contributed by atoms with Crippen LogP contribution in [0.1, 0.15) is 89.9 Å². The second kappa shape index (κ2) is 13.2. The zero-order valence-electron chi connectivity index (χ0n) is 13.4. The summed E-state index contributed by atoms with van der Waals surface area (Å²) >= 11 is 10.5. The van der Waals surface area contributed by atoms with E-state index in [0.717, 1.165) is 12.8 Å². The van der Waals surface area contributed by atoms with Crippen LogP contribution in [0.5, 0.6) is 0 Å². The lowest BCUT2D eigenvalue weighted by molar-refractivity contribution is 0.265. The summed E-state index contributed by atoms with van der Waals surface area (Å²) in [5.74, 6) is 0. The third-order valence-electron chi connectivity index (χ3n) is 3.99. The Hall–Kier alpha value is 0.710. The van der Waals surface area contributed by atoms with E-state index in [1.807, 2.05) is 0 Å². The normalized spacial score (nSPS) is 25.3. The van der Waals surface area contributed by atoms with Crippen molar-refractivity contribution in [2.75, 3.05) is 13.2 Å². The van der Waals surface area contributed by atoms with Crippen molar-refractivity contribution in [1.82, 2.24) is 0 Å². The van der Waals surface area contributed by atoms with Gasteiger partial charge in [0.25, 0.3) is 0 Å². The molecule has 21 heavy (non-hydrogen) atoms. The minimum atomic E-state index is -2.10. The van der Waals surface area contributed by atoms with E-state index in [1.165, 1.54) is 77.0 Å². The molecule has 0 atom stereocenters. The van der Waals surface area contributed by atoms with Crippen molar-refractivity contribution in [2.45, 2.75) is 89.9 Å². The Morgan fingerprint density at radius 2 is 0.667 bits per heavy atom. The number of rotatable bonds is 0. The van der Waals surface area contributed by atoms with Gasteiger partial charge in [0.1, 0.15) is 7.71 Å². The molecule has 0 N–H and O–H groups in total. The quantitative estimate of drug-likeness (QED) is 0.580. The second-order valence-corrected chi connectivity index (χ2v) is 10.6. The fourth-order valence-corrected chi connectivity index (χ4v) is 4.21. The zero-order chi connectivity index (χ0) is 15.2. The Labute approximate surface area is 141 Å². The molecule has 0 spiro atoms. The van der Waals surface area contributed by atoms with Crippen molar-refractivity contribution in [3.63, 3.8) is 0 Å². The maximum absolute atomic E-state index is 5.59. The van der Waals surface area contributed by atoms with E-state index in [1.54, 1.807) is 0 Å². The van der Waals surface area contributed by atoms with Crippen LogP contribution >= 0.6 is 0 Å². The molecule has 0 aliphatic carbocycles. The van der Waals surface area contributed by atoms with Gasteiger partial charge in [0.05, 0.1) is 13.2 Å². The average Bonchev–Trinajstić information content (AvgIpc) is 2.45. The molecular weight excluding hydrogens is 320 g/mol. The maximum Gasteiger partial charge on any atom is 0.137 e. The second-order valence-electron chi connectivity index (χ2n) is 6.00. The topological polar surface area (TPSA) is 18.5 Å². The van der Waals surface area contributed by atoms with Crippen LogP contribution in [-0.4, -0.2) is 13.2 Å².